The Kier molecular flexibility index (Phi) is 6.21. The maximum Gasteiger partial charge on any atom is 0.387 e. The number of nitrogens with zero attached hydrogens (tertiary/aromatic N) is 1. The lowest BCUT2D eigenvalue weighted by atomic mass is 10.2. The molecular weight excluding hydrogens is 370 g/mol. The third-order valence-corrected chi connectivity index (χ3v) is 3.74. The van der Waals surface area contributed by atoms with Gasteiger partial charge in [-0.2, -0.15) is 8.78 Å². The number of aromatic nitrogens is 1. The van der Waals surface area contributed by atoms with Gasteiger partial charge in [0.1, 0.15) is 17.8 Å². The Labute approximate surface area is 160 Å². The lowest BCUT2D eigenvalue weighted by molar-refractivity contribution is -0.0498. The van der Waals surface area contributed by atoms with Crippen molar-refractivity contribution in [3.63, 3.8) is 0 Å². The number of hydrogen-bond donors (Lipinski definition) is 1. The molecule has 0 aliphatic heterocycles. The third-order valence-electron chi connectivity index (χ3n) is 3.74. The molecule has 0 atom stereocenters. The number of carbonyl (C=O) groups excluding carboxylic acids is 1. The summed E-state index contributed by atoms with van der Waals surface area (Å²) < 4.78 is 39.5. The Balaban J connectivity index is 1.63. The van der Waals surface area contributed by atoms with Crippen LogP contribution in [0.1, 0.15) is 23.0 Å². The molecule has 0 saturated heterocycles. The third kappa shape index (κ3) is 4.85. The zero-order valence-electron chi connectivity index (χ0n) is 15.0. The average Bonchev–Trinajstić information content (AvgIpc) is 3.16. The predicted octanol–water partition coefficient (Wildman–Crippen LogP) is 4.27. The summed E-state index contributed by atoms with van der Waals surface area (Å²) in [5.74, 6) is 0.574. The minimum atomic E-state index is -2.88. The summed E-state index contributed by atoms with van der Waals surface area (Å²) in [4.78, 5) is 16.7. The summed E-state index contributed by atoms with van der Waals surface area (Å²) in [6.07, 6.45) is 1.42. The van der Waals surface area contributed by atoms with E-state index in [-0.39, 0.29) is 18.2 Å². The number of rotatable bonds is 8. The number of para-hydroxylation sites is 1. The SMILES string of the molecule is CCOc1ccccc1C(=O)NCc1coc(-c2ccc(OC(F)F)cc2)n1. The number of hydrogen-bond acceptors (Lipinski definition) is 5. The first-order valence-electron chi connectivity index (χ1n) is 8.56. The zero-order chi connectivity index (χ0) is 19.9. The summed E-state index contributed by atoms with van der Waals surface area (Å²) in [6, 6.07) is 12.9. The Hall–Kier alpha value is -3.42. The van der Waals surface area contributed by atoms with Crippen molar-refractivity contribution in [2.45, 2.75) is 20.1 Å². The van der Waals surface area contributed by atoms with Crippen molar-refractivity contribution in [2.75, 3.05) is 6.61 Å². The molecule has 0 aliphatic rings. The van der Waals surface area contributed by atoms with E-state index in [0.29, 0.717) is 35.1 Å². The number of carbonyl (C=O) groups is 1. The highest BCUT2D eigenvalue weighted by Crippen LogP contribution is 2.23. The van der Waals surface area contributed by atoms with Gasteiger partial charge < -0.3 is 19.2 Å². The van der Waals surface area contributed by atoms with Gasteiger partial charge in [-0.3, -0.25) is 4.79 Å². The Morgan fingerprint density at radius 1 is 1.18 bits per heavy atom. The molecule has 3 rings (SSSR count). The Bertz CT molecular complexity index is 926. The molecule has 8 heteroatoms. The van der Waals surface area contributed by atoms with E-state index < -0.39 is 6.61 Å². The normalized spacial score (nSPS) is 10.7. The number of alkyl halides is 2. The smallest absolute Gasteiger partial charge is 0.387 e. The van der Waals surface area contributed by atoms with E-state index in [1.807, 2.05) is 6.92 Å². The van der Waals surface area contributed by atoms with E-state index >= 15 is 0 Å². The molecule has 0 aliphatic carbocycles. The van der Waals surface area contributed by atoms with Crippen LogP contribution in [0.15, 0.2) is 59.2 Å². The maximum absolute atomic E-state index is 12.4. The molecule has 1 heterocycles. The van der Waals surface area contributed by atoms with Crippen LogP contribution in [-0.2, 0) is 6.54 Å². The molecule has 1 N–H and O–H groups in total. The van der Waals surface area contributed by atoms with E-state index in [4.69, 9.17) is 9.15 Å². The van der Waals surface area contributed by atoms with Crippen molar-refractivity contribution in [3.05, 3.63) is 66.1 Å². The molecule has 0 saturated carbocycles. The van der Waals surface area contributed by atoms with E-state index in [2.05, 4.69) is 15.0 Å². The Morgan fingerprint density at radius 2 is 1.93 bits per heavy atom. The van der Waals surface area contributed by atoms with Gasteiger partial charge >= 0.3 is 6.61 Å². The summed E-state index contributed by atoms with van der Waals surface area (Å²) >= 11 is 0. The van der Waals surface area contributed by atoms with E-state index in [9.17, 15) is 13.6 Å². The highest BCUT2D eigenvalue weighted by atomic mass is 19.3. The van der Waals surface area contributed by atoms with E-state index in [0.717, 1.165) is 0 Å². The molecule has 0 fully saturated rings. The molecule has 0 bridgehead atoms. The van der Waals surface area contributed by atoms with E-state index in [1.165, 1.54) is 18.4 Å². The molecule has 1 amide bonds. The Morgan fingerprint density at radius 3 is 2.64 bits per heavy atom. The van der Waals surface area contributed by atoms with Gasteiger partial charge in [-0.1, -0.05) is 12.1 Å². The van der Waals surface area contributed by atoms with Gasteiger partial charge in [0.25, 0.3) is 5.91 Å². The van der Waals surface area contributed by atoms with Crippen LogP contribution >= 0.6 is 0 Å². The monoisotopic (exact) mass is 388 g/mol. The molecule has 3 aromatic rings. The first-order chi connectivity index (χ1) is 13.6. The fourth-order valence-electron chi connectivity index (χ4n) is 2.50. The van der Waals surface area contributed by atoms with Crippen molar-refractivity contribution in [2.24, 2.45) is 0 Å². The second-order valence-corrected chi connectivity index (χ2v) is 5.66. The van der Waals surface area contributed by atoms with Gasteiger partial charge in [-0.15, -0.1) is 0 Å². The quantitative estimate of drug-likeness (QED) is 0.624. The van der Waals surface area contributed by atoms with Gasteiger partial charge in [0.15, 0.2) is 0 Å². The number of amides is 1. The molecule has 0 radical (unpaired) electrons. The lowest BCUT2D eigenvalue weighted by Crippen LogP contribution is -2.23. The number of benzene rings is 2. The fraction of sp³-hybridized carbons (Fsp3) is 0.200. The van der Waals surface area contributed by atoms with Gasteiger partial charge in [0.05, 0.1) is 24.4 Å². The van der Waals surface area contributed by atoms with E-state index in [1.54, 1.807) is 36.4 Å². The molecule has 6 nitrogen and oxygen atoms in total. The number of oxazole rings is 1. The lowest BCUT2D eigenvalue weighted by Gasteiger charge is -2.09. The summed E-state index contributed by atoms with van der Waals surface area (Å²) in [6.45, 7) is -0.416. The topological polar surface area (TPSA) is 73.6 Å². The highest BCUT2D eigenvalue weighted by molar-refractivity contribution is 5.96. The van der Waals surface area contributed by atoms with Gasteiger partial charge in [-0.05, 0) is 43.3 Å². The molecule has 0 spiro atoms. The van der Waals surface area contributed by atoms with Gasteiger partial charge in [-0.25, -0.2) is 4.98 Å². The first-order valence-corrected chi connectivity index (χ1v) is 8.56. The van der Waals surface area contributed by atoms with Crippen LogP contribution in [0.4, 0.5) is 8.78 Å². The van der Waals surface area contributed by atoms with Crippen LogP contribution < -0.4 is 14.8 Å². The summed E-state index contributed by atoms with van der Waals surface area (Å²) in [5, 5.41) is 2.76. The molecule has 2 aromatic carbocycles. The molecular formula is C20H18F2N2O4. The summed E-state index contributed by atoms with van der Waals surface area (Å²) in [7, 11) is 0. The van der Waals surface area contributed by atoms with Crippen molar-refractivity contribution in [1.82, 2.24) is 10.3 Å². The zero-order valence-corrected chi connectivity index (χ0v) is 15.0. The van der Waals surface area contributed by atoms with Crippen LogP contribution in [0.5, 0.6) is 11.5 Å². The fourth-order valence-corrected chi connectivity index (χ4v) is 2.50. The van der Waals surface area contributed by atoms with Gasteiger partial charge in [0.2, 0.25) is 5.89 Å². The highest BCUT2D eigenvalue weighted by Gasteiger charge is 2.13. The first kappa shape index (κ1) is 19.3. The number of halogens is 2. The van der Waals surface area contributed by atoms with Crippen molar-refractivity contribution >= 4 is 5.91 Å². The molecule has 1 aromatic heterocycles. The second-order valence-electron chi connectivity index (χ2n) is 5.66. The summed E-state index contributed by atoms with van der Waals surface area (Å²) in [5.41, 5.74) is 1.55. The minimum Gasteiger partial charge on any atom is -0.493 e. The standard InChI is InChI=1S/C20H18F2N2O4/c1-2-26-17-6-4-3-5-16(17)18(25)23-11-14-12-27-19(24-14)13-7-9-15(10-8-13)28-20(21)22/h3-10,12,20H,2,11H2,1H3,(H,23,25). The largest absolute Gasteiger partial charge is 0.493 e. The molecule has 146 valence electrons. The van der Waals surface area contributed by atoms with Gasteiger partial charge in [0, 0.05) is 5.56 Å². The van der Waals surface area contributed by atoms with Crippen LogP contribution in [0.3, 0.4) is 0 Å². The minimum absolute atomic E-state index is 0.0470. The van der Waals surface area contributed by atoms with Crippen LogP contribution in [-0.4, -0.2) is 24.1 Å². The van der Waals surface area contributed by atoms with Crippen molar-refractivity contribution in [3.8, 4) is 23.0 Å². The number of nitrogens with one attached hydrogen (secondary N) is 1. The molecule has 28 heavy (non-hydrogen) atoms. The van der Waals surface area contributed by atoms with Crippen LogP contribution in [0.2, 0.25) is 0 Å². The average molecular weight is 388 g/mol. The molecule has 0 unspecified atom stereocenters. The van der Waals surface area contributed by atoms with Crippen LogP contribution in [0.25, 0.3) is 11.5 Å². The predicted molar refractivity (Wildman–Crippen MR) is 97.4 cm³/mol. The van der Waals surface area contributed by atoms with Crippen molar-refractivity contribution < 1.29 is 27.5 Å². The number of ether oxygens (including phenoxy) is 2. The van der Waals surface area contributed by atoms with Crippen molar-refractivity contribution in [1.29, 1.82) is 0 Å². The second kappa shape index (κ2) is 8.98. The van der Waals surface area contributed by atoms with Crippen LogP contribution in [0, 0.1) is 0 Å². The maximum atomic E-state index is 12.4.